The molecule has 0 spiro atoms. The third-order valence-corrected chi connectivity index (χ3v) is 6.31. The van der Waals surface area contributed by atoms with Gasteiger partial charge < -0.3 is 10.4 Å². The normalized spacial score (nSPS) is 12.2. The number of hydrogen-bond acceptors (Lipinski definition) is 3. The van der Waals surface area contributed by atoms with Gasteiger partial charge in [0.1, 0.15) is 0 Å². The molecule has 112 valence electrons. The average Bonchev–Trinajstić information content (AvgIpc) is 2.73. The Balaban J connectivity index is 2.35. The van der Waals surface area contributed by atoms with E-state index in [0.717, 1.165) is 21.1 Å². The van der Waals surface area contributed by atoms with Crippen molar-refractivity contribution in [3.05, 3.63) is 19.2 Å². The molecular formula is C13H17Br2NO3S. The van der Waals surface area contributed by atoms with Crippen LogP contribution in [0, 0.1) is 5.92 Å². The second-order valence-corrected chi connectivity index (χ2v) is 7.71. The summed E-state index contributed by atoms with van der Waals surface area (Å²) in [5.74, 6) is -0.511. The molecule has 0 aliphatic carbocycles. The third kappa shape index (κ3) is 5.93. The summed E-state index contributed by atoms with van der Waals surface area (Å²) >= 11 is 8.09. The quantitative estimate of drug-likeness (QED) is 0.651. The summed E-state index contributed by atoms with van der Waals surface area (Å²) in [6.45, 7) is 2.62. The zero-order chi connectivity index (χ0) is 15.1. The Morgan fingerprint density at radius 3 is 2.60 bits per heavy atom. The molecule has 1 aromatic rings. The average molecular weight is 427 g/mol. The van der Waals surface area contributed by atoms with Crippen molar-refractivity contribution < 1.29 is 14.7 Å². The van der Waals surface area contributed by atoms with E-state index < -0.39 is 5.97 Å². The van der Waals surface area contributed by atoms with Crippen LogP contribution in [0.25, 0.3) is 0 Å². The monoisotopic (exact) mass is 425 g/mol. The van der Waals surface area contributed by atoms with Crippen molar-refractivity contribution in [3.63, 3.8) is 0 Å². The highest BCUT2D eigenvalue weighted by Gasteiger charge is 2.13. The molecule has 1 amide bonds. The molecule has 1 atom stereocenters. The molecule has 0 fully saturated rings. The number of halogens is 2. The number of thiophene rings is 1. The number of nitrogens with one attached hydrogen (secondary N) is 1. The van der Waals surface area contributed by atoms with Gasteiger partial charge in [-0.3, -0.25) is 9.59 Å². The molecule has 4 nitrogen and oxygen atoms in total. The number of aliphatic carboxylic acids is 1. The summed E-state index contributed by atoms with van der Waals surface area (Å²) in [6.07, 6.45) is 2.59. The first kappa shape index (κ1) is 17.7. The second kappa shape index (κ2) is 8.79. The highest BCUT2D eigenvalue weighted by molar-refractivity contribution is 9.13. The van der Waals surface area contributed by atoms with Crippen LogP contribution >= 0.6 is 43.2 Å². The zero-order valence-electron chi connectivity index (χ0n) is 11.1. The number of rotatable bonds is 8. The van der Waals surface area contributed by atoms with Gasteiger partial charge in [-0.05, 0) is 56.7 Å². The topological polar surface area (TPSA) is 66.4 Å². The fraction of sp³-hybridized carbons (Fsp3) is 0.538. The van der Waals surface area contributed by atoms with Gasteiger partial charge in [0.25, 0.3) is 5.91 Å². The van der Waals surface area contributed by atoms with Crippen molar-refractivity contribution in [1.82, 2.24) is 5.32 Å². The van der Waals surface area contributed by atoms with Gasteiger partial charge in [0.15, 0.2) is 0 Å². The molecule has 1 rings (SSSR count). The van der Waals surface area contributed by atoms with Gasteiger partial charge in [-0.25, -0.2) is 0 Å². The Morgan fingerprint density at radius 2 is 2.10 bits per heavy atom. The summed E-state index contributed by atoms with van der Waals surface area (Å²) in [4.78, 5) is 23.1. The van der Waals surface area contributed by atoms with Gasteiger partial charge in [0.2, 0.25) is 0 Å². The number of carbonyl (C=O) groups excluding carboxylic acids is 1. The van der Waals surface area contributed by atoms with Gasteiger partial charge in [0.05, 0.1) is 8.66 Å². The van der Waals surface area contributed by atoms with Crippen LogP contribution in [0.2, 0.25) is 0 Å². The molecule has 0 aromatic carbocycles. The minimum Gasteiger partial charge on any atom is -0.481 e. The van der Waals surface area contributed by atoms with Crippen molar-refractivity contribution in [2.75, 3.05) is 6.54 Å². The summed E-state index contributed by atoms with van der Waals surface area (Å²) in [5.41, 5.74) is 0. The molecule has 20 heavy (non-hydrogen) atoms. The molecule has 0 radical (unpaired) electrons. The molecule has 0 saturated carbocycles. The summed E-state index contributed by atoms with van der Waals surface area (Å²) < 4.78 is 1.77. The van der Waals surface area contributed by atoms with E-state index in [2.05, 4.69) is 37.2 Å². The van der Waals surface area contributed by atoms with Crippen LogP contribution < -0.4 is 5.32 Å². The van der Waals surface area contributed by atoms with E-state index in [9.17, 15) is 9.59 Å². The molecule has 1 unspecified atom stereocenters. The lowest BCUT2D eigenvalue weighted by Gasteiger charge is -2.13. The van der Waals surface area contributed by atoms with E-state index in [1.165, 1.54) is 11.3 Å². The number of hydrogen-bond donors (Lipinski definition) is 2. The highest BCUT2D eigenvalue weighted by atomic mass is 79.9. The lowest BCUT2D eigenvalue weighted by Crippen LogP contribution is -2.25. The van der Waals surface area contributed by atoms with Crippen LogP contribution in [-0.2, 0) is 4.79 Å². The molecule has 1 heterocycles. The molecule has 0 bridgehead atoms. The van der Waals surface area contributed by atoms with Gasteiger partial charge in [-0.1, -0.05) is 13.3 Å². The van der Waals surface area contributed by atoms with Crippen LogP contribution in [0.15, 0.2) is 14.3 Å². The summed E-state index contributed by atoms with van der Waals surface area (Å²) in [7, 11) is 0. The van der Waals surface area contributed by atoms with Gasteiger partial charge >= 0.3 is 5.97 Å². The number of carboxylic acid groups (broad SMARTS) is 1. The maximum Gasteiger partial charge on any atom is 0.303 e. The first-order valence-corrected chi connectivity index (χ1v) is 8.79. The minimum absolute atomic E-state index is 0.0884. The maximum absolute atomic E-state index is 11.9. The molecule has 0 aliphatic heterocycles. The number of carbonyl (C=O) groups is 2. The molecular weight excluding hydrogens is 410 g/mol. The van der Waals surface area contributed by atoms with Crippen LogP contribution in [-0.4, -0.2) is 23.5 Å². The maximum atomic E-state index is 11.9. The van der Waals surface area contributed by atoms with Crippen molar-refractivity contribution >= 4 is 55.1 Å². The van der Waals surface area contributed by atoms with E-state index in [4.69, 9.17) is 5.11 Å². The predicted octanol–water partition coefficient (Wildman–Crippen LogP) is 4.28. The smallest absolute Gasteiger partial charge is 0.303 e. The zero-order valence-corrected chi connectivity index (χ0v) is 15.1. The van der Waals surface area contributed by atoms with E-state index in [-0.39, 0.29) is 12.3 Å². The highest BCUT2D eigenvalue weighted by Crippen LogP contribution is 2.32. The lowest BCUT2D eigenvalue weighted by molar-refractivity contribution is -0.137. The van der Waals surface area contributed by atoms with E-state index in [1.807, 2.05) is 6.92 Å². The number of amides is 1. The number of carboxylic acids is 1. The van der Waals surface area contributed by atoms with E-state index >= 15 is 0 Å². The molecule has 0 aliphatic rings. The third-order valence-electron chi connectivity index (χ3n) is 3.05. The van der Waals surface area contributed by atoms with Gasteiger partial charge in [-0.2, -0.15) is 0 Å². The largest absolute Gasteiger partial charge is 0.481 e. The Bertz CT molecular complexity index is 457. The lowest BCUT2D eigenvalue weighted by atomic mass is 9.97. The van der Waals surface area contributed by atoms with Crippen LogP contribution in [0.5, 0.6) is 0 Å². The summed E-state index contributed by atoms with van der Waals surface area (Å²) in [6, 6.07) is 1.78. The second-order valence-electron chi connectivity index (χ2n) is 4.48. The van der Waals surface area contributed by atoms with Crippen LogP contribution in [0.4, 0.5) is 0 Å². The van der Waals surface area contributed by atoms with E-state index in [0.29, 0.717) is 23.8 Å². The molecule has 2 N–H and O–H groups in total. The van der Waals surface area contributed by atoms with Crippen molar-refractivity contribution in [2.24, 2.45) is 5.92 Å². The molecule has 1 aromatic heterocycles. The van der Waals surface area contributed by atoms with Gasteiger partial charge in [0, 0.05) is 17.4 Å². The fourth-order valence-corrected chi connectivity index (χ4v) is 3.77. The Labute approximate surface area is 139 Å². The van der Waals surface area contributed by atoms with Crippen molar-refractivity contribution in [1.29, 1.82) is 0 Å². The Kier molecular flexibility index (Phi) is 7.76. The standard InChI is InChI=1S/C13H17Br2NO3S/c1-2-8(3-4-11(17)18)5-6-16-13(19)10-7-9(14)12(15)20-10/h7-8H,2-6H2,1H3,(H,16,19)(H,17,18). The van der Waals surface area contributed by atoms with Crippen molar-refractivity contribution in [2.45, 2.75) is 32.6 Å². The van der Waals surface area contributed by atoms with Crippen molar-refractivity contribution in [3.8, 4) is 0 Å². The van der Waals surface area contributed by atoms with Crippen LogP contribution in [0.1, 0.15) is 42.3 Å². The fourth-order valence-electron chi connectivity index (χ4n) is 1.82. The van der Waals surface area contributed by atoms with E-state index in [1.54, 1.807) is 6.07 Å². The molecule has 7 heteroatoms. The SMILES string of the molecule is CCC(CCNC(=O)c1cc(Br)c(Br)s1)CCC(=O)O. The van der Waals surface area contributed by atoms with Crippen LogP contribution in [0.3, 0.4) is 0 Å². The minimum atomic E-state index is -0.763. The Morgan fingerprint density at radius 1 is 1.40 bits per heavy atom. The Hall–Kier alpha value is -0.400. The first-order valence-electron chi connectivity index (χ1n) is 6.38. The van der Waals surface area contributed by atoms with Gasteiger partial charge in [-0.15, -0.1) is 11.3 Å². The summed E-state index contributed by atoms with van der Waals surface area (Å²) in [5, 5.41) is 11.5. The first-order chi connectivity index (χ1) is 9.43. The predicted molar refractivity (Wildman–Crippen MR) is 87.3 cm³/mol. The molecule has 0 saturated heterocycles.